The first-order chi connectivity index (χ1) is 9.91. The summed E-state index contributed by atoms with van der Waals surface area (Å²) >= 11 is 0. The van der Waals surface area contributed by atoms with Gasteiger partial charge in [0, 0.05) is 17.1 Å². The first-order valence-corrected chi connectivity index (χ1v) is 10.1. The molecule has 6 heteroatoms. The van der Waals surface area contributed by atoms with Crippen molar-refractivity contribution in [3.8, 4) is 0 Å². The van der Waals surface area contributed by atoms with Crippen molar-refractivity contribution >= 4 is 7.82 Å². The van der Waals surface area contributed by atoms with Crippen LogP contribution in [0.25, 0.3) is 0 Å². The number of phosphoric acid groups is 1. The predicted octanol–water partition coefficient (Wildman–Crippen LogP) is 5.84. The van der Waals surface area contributed by atoms with Crippen LogP contribution in [0.4, 0.5) is 0 Å². The normalized spacial score (nSPS) is 16.6. The molecule has 0 aliphatic carbocycles. The molecule has 0 heterocycles. The molecule has 0 spiro atoms. The molecule has 2 unspecified atom stereocenters. The van der Waals surface area contributed by atoms with E-state index in [2.05, 4.69) is 13.8 Å². The Balaban J connectivity index is 0. The molecule has 1 N–H and O–H groups in total. The van der Waals surface area contributed by atoms with Gasteiger partial charge in [-0.15, -0.1) is 0 Å². The fourth-order valence-corrected chi connectivity index (χ4v) is 3.47. The maximum atomic E-state index is 11.9. The molecular weight excluding hydrogens is 343 g/mol. The summed E-state index contributed by atoms with van der Waals surface area (Å²) in [6.45, 7) is 8.00. The molecule has 22 heavy (non-hydrogen) atoms. The standard InChI is InChI=1S/C16H35O4P.Fe/c1-5-7-9-11-13-15(3)19-21(17,18)20-16(4)14-12-10-8-6-2;/h15-16H,5-14H2,1-4H3,(H,17,18);. The van der Waals surface area contributed by atoms with Gasteiger partial charge in [0.25, 0.3) is 0 Å². The quantitative estimate of drug-likeness (QED) is 0.235. The van der Waals surface area contributed by atoms with Crippen LogP contribution in [-0.4, -0.2) is 17.1 Å². The third kappa shape index (κ3) is 15.5. The van der Waals surface area contributed by atoms with Crippen LogP contribution in [0.2, 0.25) is 0 Å². The Morgan fingerprint density at radius 3 is 1.50 bits per heavy atom. The maximum absolute atomic E-state index is 11.9. The van der Waals surface area contributed by atoms with E-state index in [4.69, 9.17) is 9.05 Å². The number of hydrogen-bond acceptors (Lipinski definition) is 3. The monoisotopic (exact) mass is 378 g/mol. The Morgan fingerprint density at radius 2 is 1.18 bits per heavy atom. The average Bonchev–Trinajstić information content (AvgIpc) is 2.38. The van der Waals surface area contributed by atoms with Crippen LogP contribution in [0, 0.1) is 0 Å². The summed E-state index contributed by atoms with van der Waals surface area (Å²) in [4.78, 5) is 9.77. The second-order valence-corrected chi connectivity index (χ2v) is 7.36. The summed E-state index contributed by atoms with van der Waals surface area (Å²) < 4.78 is 22.3. The Morgan fingerprint density at radius 1 is 0.818 bits per heavy atom. The maximum Gasteiger partial charge on any atom is 0.472 e. The minimum absolute atomic E-state index is 0. The SMILES string of the molecule is CCCCCCC(C)OP(=O)(O)OC(C)CCCCCC.[Fe]. The molecule has 0 fully saturated rings. The molecule has 0 amide bonds. The van der Waals surface area contributed by atoms with Gasteiger partial charge < -0.3 is 4.89 Å². The average molecular weight is 378 g/mol. The zero-order valence-corrected chi connectivity index (χ0v) is 16.7. The summed E-state index contributed by atoms with van der Waals surface area (Å²) in [6, 6.07) is 0. The van der Waals surface area contributed by atoms with Crippen molar-refractivity contribution < 1.29 is 35.6 Å². The van der Waals surface area contributed by atoms with E-state index in [0.717, 1.165) is 38.5 Å². The van der Waals surface area contributed by atoms with Crippen LogP contribution in [0.3, 0.4) is 0 Å². The van der Waals surface area contributed by atoms with E-state index < -0.39 is 7.82 Å². The molecule has 0 aromatic carbocycles. The van der Waals surface area contributed by atoms with Crippen LogP contribution >= 0.6 is 7.82 Å². The van der Waals surface area contributed by atoms with Crippen molar-refractivity contribution in [2.24, 2.45) is 0 Å². The smallest absolute Gasteiger partial charge is 0.302 e. The number of hydrogen-bond donors (Lipinski definition) is 1. The summed E-state index contributed by atoms with van der Waals surface area (Å²) in [5.74, 6) is 0. The van der Waals surface area contributed by atoms with E-state index in [-0.39, 0.29) is 29.3 Å². The Bertz CT molecular complexity index is 265. The van der Waals surface area contributed by atoms with Gasteiger partial charge in [-0.2, -0.15) is 0 Å². The van der Waals surface area contributed by atoms with Gasteiger partial charge >= 0.3 is 7.82 Å². The van der Waals surface area contributed by atoms with E-state index in [1.807, 2.05) is 13.8 Å². The number of phosphoric ester groups is 1. The molecule has 136 valence electrons. The summed E-state index contributed by atoms with van der Waals surface area (Å²) in [6.07, 6.45) is 10.3. The molecule has 0 saturated heterocycles. The molecule has 0 aromatic rings. The third-order valence-electron chi connectivity index (χ3n) is 3.55. The van der Waals surface area contributed by atoms with Crippen LogP contribution in [0.1, 0.15) is 91.9 Å². The second-order valence-electron chi connectivity index (χ2n) is 6.00. The van der Waals surface area contributed by atoms with Gasteiger partial charge in [-0.3, -0.25) is 9.05 Å². The molecule has 4 nitrogen and oxygen atoms in total. The zero-order valence-electron chi connectivity index (χ0n) is 14.7. The molecule has 0 aliphatic rings. The Hall–Kier alpha value is 0.629. The summed E-state index contributed by atoms with van der Waals surface area (Å²) in [5.41, 5.74) is 0. The molecule has 2 atom stereocenters. The number of rotatable bonds is 14. The third-order valence-corrected chi connectivity index (χ3v) is 4.81. The molecule has 0 saturated carbocycles. The van der Waals surface area contributed by atoms with E-state index in [9.17, 15) is 9.46 Å². The van der Waals surface area contributed by atoms with Crippen LogP contribution < -0.4 is 0 Å². The van der Waals surface area contributed by atoms with Crippen molar-refractivity contribution in [1.82, 2.24) is 0 Å². The molecule has 0 radical (unpaired) electrons. The van der Waals surface area contributed by atoms with E-state index >= 15 is 0 Å². The van der Waals surface area contributed by atoms with Crippen LogP contribution in [0.5, 0.6) is 0 Å². The Labute approximate surface area is 147 Å². The first kappa shape index (κ1) is 24.9. The van der Waals surface area contributed by atoms with Gasteiger partial charge in [0.2, 0.25) is 0 Å². The number of unbranched alkanes of at least 4 members (excludes halogenated alkanes) is 6. The van der Waals surface area contributed by atoms with Crippen molar-refractivity contribution in [3.05, 3.63) is 0 Å². The minimum atomic E-state index is -3.92. The van der Waals surface area contributed by atoms with E-state index in [0.29, 0.717) is 0 Å². The van der Waals surface area contributed by atoms with E-state index in [1.54, 1.807) is 0 Å². The Kier molecular flexibility index (Phi) is 17.2. The second kappa shape index (κ2) is 15.2. The summed E-state index contributed by atoms with van der Waals surface area (Å²) in [5, 5.41) is 0. The molecular formula is C16H35FeO4P. The van der Waals surface area contributed by atoms with Gasteiger partial charge in [0.05, 0.1) is 12.2 Å². The van der Waals surface area contributed by atoms with Gasteiger partial charge in [0.15, 0.2) is 0 Å². The first-order valence-electron chi connectivity index (χ1n) is 8.60. The van der Waals surface area contributed by atoms with Crippen molar-refractivity contribution in [1.29, 1.82) is 0 Å². The van der Waals surface area contributed by atoms with Gasteiger partial charge in [-0.25, -0.2) is 4.57 Å². The van der Waals surface area contributed by atoms with Gasteiger partial charge in [0.1, 0.15) is 0 Å². The van der Waals surface area contributed by atoms with Crippen molar-refractivity contribution in [3.63, 3.8) is 0 Å². The van der Waals surface area contributed by atoms with Crippen molar-refractivity contribution in [2.45, 2.75) is 104 Å². The molecule has 0 rings (SSSR count). The molecule has 0 aromatic heterocycles. The van der Waals surface area contributed by atoms with Crippen LogP contribution in [0.15, 0.2) is 0 Å². The summed E-state index contributed by atoms with van der Waals surface area (Å²) in [7, 11) is -3.92. The fourth-order valence-electron chi connectivity index (χ4n) is 2.30. The fraction of sp³-hybridized carbons (Fsp3) is 1.00. The van der Waals surface area contributed by atoms with E-state index in [1.165, 1.54) is 25.7 Å². The van der Waals surface area contributed by atoms with Gasteiger partial charge in [-0.1, -0.05) is 65.2 Å². The van der Waals surface area contributed by atoms with Crippen LogP contribution in [-0.2, 0) is 30.7 Å². The molecule has 0 bridgehead atoms. The van der Waals surface area contributed by atoms with Gasteiger partial charge in [-0.05, 0) is 26.7 Å². The minimum Gasteiger partial charge on any atom is -0.302 e. The van der Waals surface area contributed by atoms with Crippen molar-refractivity contribution in [2.75, 3.05) is 0 Å². The molecule has 0 aliphatic heterocycles. The largest absolute Gasteiger partial charge is 0.472 e. The topological polar surface area (TPSA) is 55.8 Å². The predicted molar refractivity (Wildman–Crippen MR) is 88.4 cm³/mol. The zero-order chi connectivity index (χ0) is 16.1.